The minimum Gasteiger partial charge on any atom is -0.325 e. The average molecular weight is 489 g/mol. The molecule has 1 spiro atoms. The second-order valence-corrected chi connectivity index (χ2v) is 8.73. The van der Waals surface area contributed by atoms with Gasteiger partial charge >= 0.3 is 6.18 Å². The molecule has 1 saturated carbocycles. The molecule has 4 rings (SSSR count). The minimum absolute atomic E-state index is 0.0701. The number of rotatable bonds is 4. The monoisotopic (exact) mass is 488 g/mol. The van der Waals surface area contributed by atoms with Crippen molar-refractivity contribution in [3.8, 4) is 6.07 Å². The Morgan fingerprint density at radius 2 is 1.82 bits per heavy atom. The van der Waals surface area contributed by atoms with E-state index in [4.69, 9.17) is 21.9 Å². The normalized spacial score (nSPS) is 17.4. The number of aliphatic imine (C=N–C) groups is 1. The second-order valence-electron chi connectivity index (χ2n) is 8.32. The van der Waals surface area contributed by atoms with E-state index in [9.17, 15) is 22.8 Å². The first-order valence-corrected chi connectivity index (χ1v) is 11.1. The zero-order valence-electron chi connectivity index (χ0n) is 18.0. The highest BCUT2D eigenvalue weighted by molar-refractivity contribution is 6.47. The molecule has 0 atom stereocenters. The number of nitriles is 1. The summed E-state index contributed by atoms with van der Waals surface area (Å²) >= 11 is 5.65. The molecule has 0 aromatic heterocycles. The van der Waals surface area contributed by atoms with Gasteiger partial charge in [0.2, 0.25) is 5.91 Å². The molecule has 1 heterocycles. The number of hydrogen-bond donors (Lipinski definition) is 1. The SMILES string of the molecule is N#Cc1ccc(C2=NC3(CCCCC3)N(CC(=O)Nc3ccc(Cl)c(C(F)(F)F)c3)C2=O)cc1. The van der Waals surface area contributed by atoms with Crippen LogP contribution in [0.3, 0.4) is 0 Å². The van der Waals surface area contributed by atoms with E-state index in [0.717, 1.165) is 31.4 Å². The zero-order valence-corrected chi connectivity index (χ0v) is 18.7. The molecular weight excluding hydrogens is 469 g/mol. The first kappa shape index (κ1) is 23.8. The van der Waals surface area contributed by atoms with Crippen LogP contribution in [0.1, 0.15) is 48.8 Å². The summed E-state index contributed by atoms with van der Waals surface area (Å²) < 4.78 is 39.5. The Bertz CT molecular complexity index is 1200. The molecule has 10 heteroatoms. The fourth-order valence-electron chi connectivity index (χ4n) is 4.41. The number of hydrogen-bond acceptors (Lipinski definition) is 4. The van der Waals surface area contributed by atoms with Crippen LogP contribution in [-0.2, 0) is 15.8 Å². The highest BCUT2D eigenvalue weighted by Crippen LogP contribution is 2.40. The molecule has 2 aliphatic rings. The summed E-state index contributed by atoms with van der Waals surface area (Å²) in [6.45, 7) is -0.355. The third-order valence-corrected chi connectivity index (χ3v) is 6.40. The number of alkyl halides is 3. The van der Waals surface area contributed by atoms with Gasteiger partial charge in [0.25, 0.3) is 5.91 Å². The van der Waals surface area contributed by atoms with Crippen LogP contribution in [0.4, 0.5) is 18.9 Å². The number of anilines is 1. The summed E-state index contributed by atoms with van der Waals surface area (Å²) in [7, 11) is 0. The van der Waals surface area contributed by atoms with Gasteiger partial charge in [0.05, 0.1) is 22.2 Å². The van der Waals surface area contributed by atoms with Crippen LogP contribution in [0.2, 0.25) is 5.02 Å². The second kappa shape index (κ2) is 9.11. The van der Waals surface area contributed by atoms with Gasteiger partial charge in [-0.05, 0) is 56.0 Å². The Morgan fingerprint density at radius 3 is 2.44 bits per heavy atom. The van der Waals surface area contributed by atoms with Gasteiger partial charge < -0.3 is 10.2 Å². The number of carbonyl (C=O) groups excluding carboxylic acids is 2. The summed E-state index contributed by atoms with van der Waals surface area (Å²) in [6, 6.07) is 11.6. The molecule has 1 N–H and O–H groups in total. The van der Waals surface area contributed by atoms with E-state index in [1.165, 1.54) is 11.0 Å². The minimum atomic E-state index is -4.67. The summed E-state index contributed by atoms with van der Waals surface area (Å²) in [5, 5.41) is 11.0. The van der Waals surface area contributed by atoms with Gasteiger partial charge in [-0.15, -0.1) is 0 Å². The van der Waals surface area contributed by atoms with E-state index in [2.05, 4.69) is 5.32 Å². The maximum Gasteiger partial charge on any atom is 0.417 e. The van der Waals surface area contributed by atoms with Crippen molar-refractivity contribution < 1.29 is 22.8 Å². The van der Waals surface area contributed by atoms with E-state index in [-0.39, 0.29) is 17.9 Å². The number of halogens is 4. The van der Waals surface area contributed by atoms with Crippen molar-refractivity contribution in [3.63, 3.8) is 0 Å². The van der Waals surface area contributed by atoms with E-state index in [0.29, 0.717) is 24.0 Å². The van der Waals surface area contributed by atoms with Crippen LogP contribution in [0, 0.1) is 11.3 Å². The lowest BCUT2D eigenvalue weighted by Crippen LogP contribution is -2.51. The van der Waals surface area contributed by atoms with E-state index >= 15 is 0 Å². The Hall–Kier alpha value is -3.38. The van der Waals surface area contributed by atoms with Crippen molar-refractivity contribution >= 4 is 34.8 Å². The van der Waals surface area contributed by atoms with Crippen molar-refractivity contribution in [3.05, 3.63) is 64.2 Å². The summed E-state index contributed by atoms with van der Waals surface area (Å²) in [4.78, 5) is 32.3. The molecule has 176 valence electrons. The number of benzene rings is 2. The molecule has 1 aliphatic carbocycles. The van der Waals surface area contributed by atoms with Crippen LogP contribution in [0.15, 0.2) is 47.5 Å². The summed E-state index contributed by atoms with van der Waals surface area (Å²) in [6.07, 6.45) is -0.833. The van der Waals surface area contributed by atoms with Crippen LogP contribution in [-0.4, -0.2) is 34.6 Å². The topological polar surface area (TPSA) is 85.6 Å². The Morgan fingerprint density at radius 1 is 1.15 bits per heavy atom. The van der Waals surface area contributed by atoms with Gasteiger partial charge in [0.15, 0.2) is 0 Å². The van der Waals surface area contributed by atoms with Gasteiger partial charge in [0.1, 0.15) is 17.9 Å². The molecule has 2 aromatic carbocycles. The summed E-state index contributed by atoms with van der Waals surface area (Å²) in [5.41, 5.74) is -0.791. The number of nitrogens with zero attached hydrogens (tertiary/aromatic N) is 3. The molecule has 34 heavy (non-hydrogen) atoms. The van der Waals surface area contributed by atoms with Crippen molar-refractivity contribution in [2.24, 2.45) is 4.99 Å². The van der Waals surface area contributed by atoms with Crippen LogP contribution < -0.4 is 5.32 Å². The van der Waals surface area contributed by atoms with Crippen LogP contribution >= 0.6 is 11.6 Å². The van der Waals surface area contributed by atoms with Crippen LogP contribution in [0.5, 0.6) is 0 Å². The number of amides is 2. The zero-order chi connectivity index (χ0) is 24.5. The van der Waals surface area contributed by atoms with Gasteiger partial charge in [-0.2, -0.15) is 18.4 Å². The maximum absolute atomic E-state index is 13.3. The maximum atomic E-state index is 13.3. The molecule has 2 aromatic rings. The molecule has 0 unspecified atom stereocenters. The lowest BCUT2D eigenvalue weighted by Gasteiger charge is -2.38. The van der Waals surface area contributed by atoms with Gasteiger partial charge in [-0.3, -0.25) is 14.6 Å². The predicted octanol–water partition coefficient (Wildman–Crippen LogP) is 5.16. The van der Waals surface area contributed by atoms with Crippen molar-refractivity contribution in [2.75, 3.05) is 11.9 Å². The first-order chi connectivity index (χ1) is 16.1. The van der Waals surface area contributed by atoms with Crippen LogP contribution in [0.25, 0.3) is 0 Å². The molecule has 0 radical (unpaired) electrons. The van der Waals surface area contributed by atoms with E-state index in [1.807, 2.05) is 6.07 Å². The molecular formula is C24H20ClF3N4O2. The predicted molar refractivity (Wildman–Crippen MR) is 120 cm³/mol. The standard InChI is InChI=1S/C24H20ClF3N4O2/c25-19-9-8-17(12-18(19)24(26,27)28)30-20(33)14-32-22(34)21(16-6-4-15(13-29)5-7-16)31-23(32)10-2-1-3-11-23/h4-9,12H,1-3,10-11,14H2,(H,30,33). The third-order valence-electron chi connectivity index (χ3n) is 6.07. The third kappa shape index (κ3) is 4.64. The summed E-state index contributed by atoms with van der Waals surface area (Å²) in [5.74, 6) is -1.06. The average Bonchev–Trinajstić information content (AvgIpc) is 3.06. The Kier molecular flexibility index (Phi) is 6.36. The molecule has 0 saturated heterocycles. The molecule has 0 bridgehead atoms. The first-order valence-electron chi connectivity index (χ1n) is 10.7. The highest BCUT2D eigenvalue weighted by Gasteiger charge is 2.48. The van der Waals surface area contributed by atoms with Gasteiger partial charge in [-0.25, -0.2) is 0 Å². The van der Waals surface area contributed by atoms with Gasteiger partial charge in [0, 0.05) is 11.3 Å². The smallest absolute Gasteiger partial charge is 0.325 e. The largest absolute Gasteiger partial charge is 0.417 e. The Labute approximate surface area is 199 Å². The van der Waals surface area contributed by atoms with Crippen molar-refractivity contribution in [1.82, 2.24) is 4.90 Å². The molecule has 2 amide bonds. The van der Waals surface area contributed by atoms with Crippen molar-refractivity contribution in [2.45, 2.75) is 43.9 Å². The lowest BCUT2D eigenvalue weighted by molar-refractivity contribution is -0.137. The molecule has 6 nitrogen and oxygen atoms in total. The van der Waals surface area contributed by atoms with Gasteiger partial charge in [-0.1, -0.05) is 30.2 Å². The quantitative estimate of drug-likeness (QED) is 0.645. The fraction of sp³-hybridized carbons (Fsp3) is 0.333. The van der Waals surface area contributed by atoms with E-state index < -0.39 is 34.2 Å². The molecule has 1 fully saturated rings. The van der Waals surface area contributed by atoms with E-state index in [1.54, 1.807) is 24.3 Å². The van der Waals surface area contributed by atoms with Crippen molar-refractivity contribution in [1.29, 1.82) is 5.26 Å². The highest BCUT2D eigenvalue weighted by atomic mass is 35.5. The number of carbonyl (C=O) groups is 2. The lowest BCUT2D eigenvalue weighted by atomic mass is 9.88. The molecule has 1 aliphatic heterocycles. The Balaban J connectivity index is 1.57. The fourth-order valence-corrected chi connectivity index (χ4v) is 4.63. The number of nitrogens with one attached hydrogen (secondary N) is 1.